The average molecular weight is 443 g/mol. The van der Waals surface area contributed by atoms with Crippen LogP contribution >= 0.6 is 15.9 Å². The molecule has 0 fully saturated rings. The zero-order valence-electron chi connectivity index (χ0n) is 15.2. The summed E-state index contributed by atoms with van der Waals surface area (Å²) in [6, 6.07) is 27.0. The highest BCUT2D eigenvalue weighted by Gasteiger charge is 2.17. The van der Waals surface area contributed by atoms with Crippen molar-refractivity contribution in [1.29, 1.82) is 0 Å². The molecule has 0 spiro atoms. The van der Waals surface area contributed by atoms with E-state index in [4.69, 9.17) is 5.10 Å². The Balaban J connectivity index is 1.82. The Hall–Kier alpha value is -3.51. The van der Waals surface area contributed by atoms with Crippen molar-refractivity contribution in [2.24, 2.45) is 0 Å². The molecule has 0 atom stereocenters. The van der Waals surface area contributed by atoms with E-state index in [1.54, 1.807) is 10.9 Å². The molecule has 0 aliphatic rings. The molecule has 0 unspecified atom stereocenters. The second kappa shape index (κ2) is 7.14. The van der Waals surface area contributed by atoms with Crippen LogP contribution in [0.4, 0.5) is 0 Å². The molecule has 5 rings (SSSR count). The number of nitrogens with zero attached hydrogens (tertiary/aromatic N) is 4. The minimum Gasteiger partial charge on any atom is -0.267 e. The quantitative estimate of drug-likeness (QED) is 0.394. The van der Waals surface area contributed by atoms with Gasteiger partial charge in [0.2, 0.25) is 0 Å². The summed E-state index contributed by atoms with van der Waals surface area (Å²) in [6.45, 7) is 0. The summed E-state index contributed by atoms with van der Waals surface area (Å²) in [4.78, 5) is 13.3. The van der Waals surface area contributed by atoms with E-state index in [9.17, 15) is 4.79 Å². The molecule has 0 saturated heterocycles. The summed E-state index contributed by atoms with van der Waals surface area (Å²) in [7, 11) is 0. The van der Waals surface area contributed by atoms with Crippen molar-refractivity contribution in [3.8, 4) is 22.6 Å². The molecule has 0 amide bonds. The molecule has 0 saturated carbocycles. The number of rotatable bonds is 3. The molecule has 0 aliphatic carbocycles. The number of para-hydroxylation sites is 1. The van der Waals surface area contributed by atoms with Crippen molar-refractivity contribution in [3.05, 3.63) is 106 Å². The van der Waals surface area contributed by atoms with Crippen molar-refractivity contribution in [2.45, 2.75) is 0 Å². The number of benzene rings is 3. The third kappa shape index (κ3) is 3.17. The van der Waals surface area contributed by atoms with Crippen molar-refractivity contribution >= 4 is 26.8 Å². The fourth-order valence-electron chi connectivity index (χ4n) is 3.27. The molecule has 0 N–H and O–H groups in total. The van der Waals surface area contributed by atoms with Crippen LogP contribution in [0.25, 0.3) is 33.5 Å². The van der Waals surface area contributed by atoms with E-state index in [0.29, 0.717) is 22.3 Å². The van der Waals surface area contributed by atoms with Gasteiger partial charge in [0.25, 0.3) is 5.56 Å². The number of hydrogen-bond acceptors (Lipinski definition) is 3. The van der Waals surface area contributed by atoms with Gasteiger partial charge in [-0.1, -0.05) is 64.5 Å². The first-order chi connectivity index (χ1) is 14.2. The molecule has 5 aromatic rings. The summed E-state index contributed by atoms with van der Waals surface area (Å²) >= 11 is 3.45. The number of fused-ring (bicyclic) bond motifs is 1. The van der Waals surface area contributed by atoms with Crippen LogP contribution in [0.1, 0.15) is 0 Å². The predicted octanol–water partition coefficient (Wildman–Crippen LogP) is 5.00. The zero-order valence-corrected chi connectivity index (χ0v) is 16.8. The third-order valence-electron chi connectivity index (χ3n) is 4.70. The van der Waals surface area contributed by atoms with Gasteiger partial charge in [-0.05, 0) is 36.4 Å². The Bertz CT molecular complexity index is 1360. The van der Waals surface area contributed by atoms with E-state index in [1.807, 2.05) is 84.9 Å². The molecule has 5 nitrogen and oxygen atoms in total. The van der Waals surface area contributed by atoms with Crippen molar-refractivity contribution < 1.29 is 0 Å². The molecule has 0 radical (unpaired) electrons. The van der Waals surface area contributed by atoms with Gasteiger partial charge < -0.3 is 0 Å². The van der Waals surface area contributed by atoms with Gasteiger partial charge >= 0.3 is 0 Å². The lowest BCUT2D eigenvalue weighted by Gasteiger charge is -2.08. The lowest BCUT2D eigenvalue weighted by Crippen LogP contribution is -2.21. The van der Waals surface area contributed by atoms with Gasteiger partial charge in [-0.15, -0.1) is 0 Å². The molecule has 0 bridgehead atoms. The van der Waals surface area contributed by atoms with E-state index < -0.39 is 0 Å². The molecule has 0 aliphatic heterocycles. The van der Waals surface area contributed by atoms with E-state index in [-0.39, 0.29) is 5.56 Å². The molecule has 2 heterocycles. The maximum atomic E-state index is 13.3. The van der Waals surface area contributed by atoms with Crippen molar-refractivity contribution in [1.82, 2.24) is 19.6 Å². The van der Waals surface area contributed by atoms with Crippen molar-refractivity contribution in [3.63, 3.8) is 0 Å². The highest BCUT2D eigenvalue weighted by atomic mass is 79.9. The number of aromatic nitrogens is 4. The molecule has 6 heteroatoms. The van der Waals surface area contributed by atoms with Crippen molar-refractivity contribution in [2.75, 3.05) is 0 Å². The van der Waals surface area contributed by atoms with Crippen LogP contribution in [-0.2, 0) is 0 Å². The normalized spacial score (nSPS) is 11.1. The standard InChI is InChI=1S/C23H15BrN4O/c24-17-11-13-18(14-12-17)27-15-20-22(25-27)21(16-7-3-1-4-8-16)26-28(23(20)29)19-9-5-2-6-10-19/h1-15H. The fourth-order valence-corrected chi connectivity index (χ4v) is 3.54. The average Bonchev–Trinajstić information content (AvgIpc) is 3.22. The first-order valence-corrected chi connectivity index (χ1v) is 9.89. The Morgan fingerprint density at radius 2 is 1.38 bits per heavy atom. The highest BCUT2D eigenvalue weighted by molar-refractivity contribution is 9.10. The van der Waals surface area contributed by atoms with Crippen LogP contribution in [0.5, 0.6) is 0 Å². The third-order valence-corrected chi connectivity index (χ3v) is 5.23. The first kappa shape index (κ1) is 17.6. The molecule has 2 aromatic heterocycles. The number of hydrogen-bond donors (Lipinski definition) is 0. The summed E-state index contributed by atoms with van der Waals surface area (Å²) < 4.78 is 4.15. The van der Waals surface area contributed by atoms with Crippen LogP contribution in [0, 0.1) is 0 Å². The van der Waals surface area contributed by atoms with Crippen LogP contribution in [0.15, 0.2) is 100 Å². The maximum absolute atomic E-state index is 13.3. The van der Waals surface area contributed by atoms with E-state index in [2.05, 4.69) is 21.0 Å². The molecule has 140 valence electrons. The van der Waals surface area contributed by atoms with Gasteiger partial charge in [0.15, 0.2) is 0 Å². The van der Waals surface area contributed by atoms with Gasteiger partial charge in [0.1, 0.15) is 11.2 Å². The lowest BCUT2D eigenvalue weighted by molar-refractivity contribution is 0.825. The first-order valence-electron chi connectivity index (χ1n) is 9.10. The Kier molecular flexibility index (Phi) is 4.33. The topological polar surface area (TPSA) is 52.7 Å². The molecule has 3 aromatic carbocycles. The zero-order chi connectivity index (χ0) is 19.8. The number of halogens is 1. The van der Waals surface area contributed by atoms with Gasteiger partial charge in [-0.2, -0.15) is 14.9 Å². The summed E-state index contributed by atoms with van der Waals surface area (Å²) in [5.74, 6) is 0. The molecule has 29 heavy (non-hydrogen) atoms. The maximum Gasteiger partial charge on any atom is 0.282 e. The van der Waals surface area contributed by atoms with Gasteiger partial charge in [0.05, 0.1) is 16.8 Å². The lowest BCUT2D eigenvalue weighted by atomic mass is 10.1. The summed E-state index contributed by atoms with van der Waals surface area (Å²) in [6.07, 6.45) is 1.77. The minimum atomic E-state index is -0.200. The Morgan fingerprint density at radius 3 is 2.07 bits per heavy atom. The SMILES string of the molecule is O=c1c2cn(-c3ccc(Br)cc3)nc2c(-c2ccccc2)nn1-c1ccccc1. The van der Waals surface area contributed by atoms with E-state index in [0.717, 1.165) is 15.7 Å². The Labute approximate surface area is 175 Å². The summed E-state index contributed by atoms with van der Waals surface area (Å²) in [5, 5.41) is 9.91. The van der Waals surface area contributed by atoms with Gasteiger partial charge in [0, 0.05) is 16.2 Å². The Morgan fingerprint density at radius 1 is 0.724 bits per heavy atom. The van der Waals surface area contributed by atoms with Crippen LogP contribution < -0.4 is 5.56 Å². The summed E-state index contributed by atoms with van der Waals surface area (Å²) in [5.41, 5.74) is 3.54. The fraction of sp³-hybridized carbons (Fsp3) is 0. The van der Waals surface area contributed by atoms with Gasteiger partial charge in [-0.3, -0.25) is 4.79 Å². The van der Waals surface area contributed by atoms with Crippen LogP contribution in [0.2, 0.25) is 0 Å². The van der Waals surface area contributed by atoms with Gasteiger partial charge in [-0.25, -0.2) is 4.68 Å². The largest absolute Gasteiger partial charge is 0.282 e. The van der Waals surface area contributed by atoms with Crippen LogP contribution in [-0.4, -0.2) is 19.6 Å². The van der Waals surface area contributed by atoms with E-state index >= 15 is 0 Å². The minimum absolute atomic E-state index is 0.200. The predicted molar refractivity (Wildman–Crippen MR) is 118 cm³/mol. The highest BCUT2D eigenvalue weighted by Crippen LogP contribution is 2.25. The monoisotopic (exact) mass is 442 g/mol. The molecular formula is C23H15BrN4O. The van der Waals surface area contributed by atoms with Crippen LogP contribution in [0.3, 0.4) is 0 Å². The smallest absolute Gasteiger partial charge is 0.267 e. The second-order valence-corrected chi connectivity index (χ2v) is 7.50. The van der Waals surface area contributed by atoms with E-state index in [1.165, 1.54) is 4.68 Å². The second-order valence-electron chi connectivity index (χ2n) is 6.58. The molecular weight excluding hydrogens is 428 g/mol.